The minimum Gasteiger partial charge on any atom is -0.245 e. The maximum Gasteiger partial charge on any atom is 0.0972 e. The molecule has 3 heterocycles. The summed E-state index contributed by atoms with van der Waals surface area (Å²) in [5.41, 5.74) is 8.42. The van der Waals surface area contributed by atoms with Crippen LogP contribution in [-0.2, 0) is 0 Å². The van der Waals surface area contributed by atoms with Crippen molar-refractivity contribution < 1.29 is 0 Å². The van der Waals surface area contributed by atoms with E-state index in [4.69, 9.17) is 9.97 Å². The standard InChI is InChI=1S/C36H22N2S/c1-2-6-24(7-3-1)31-19-16-26-14-15-27-17-20-32(38-36(27)35(26)37-31)25-12-10-23(11-13-25)28-18-21-34-30(22-28)29-8-4-5-9-33(29)39-34/h1-22H. The van der Waals surface area contributed by atoms with E-state index in [2.05, 4.69) is 115 Å². The Labute approximate surface area is 229 Å². The number of benzene rings is 5. The molecule has 0 N–H and O–H groups in total. The molecular formula is C36H22N2S. The number of aromatic nitrogens is 2. The second kappa shape index (κ2) is 8.87. The second-order valence-corrected chi connectivity index (χ2v) is 10.9. The van der Waals surface area contributed by atoms with E-state index in [0.717, 1.165) is 44.3 Å². The fourth-order valence-corrected chi connectivity index (χ4v) is 6.52. The average molecular weight is 515 g/mol. The number of thiophene rings is 1. The molecule has 3 aromatic heterocycles. The van der Waals surface area contributed by atoms with Crippen molar-refractivity contribution in [2.45, 2.75) is 0 Å². The second-order valence-electron chi connectivity index (χ2n) is 9.85. The molecule has 0 atom stereocenters. The predicted molar refractivity (Wildman–Crippen MR) is 166 cm³/mol. The molecule has 0 bridgehead atoms. The molecule has 39 heavy (non-hydrogen) atoms. The van der Waals surface area contributed by atoms with E-state index in [1.54, 1.807) is 0 Å². The van der Waals surface area contributed by atoms with Crippen LogP contribution in [0.3, 0.4) is 0 Å². The van der Waals surface area contributed by atoms with Crippen molar-refractivity contribution >= 4 is 53.3 Å². The van der Waals surface area contributed by atoms with Crippen molar-refractivity contribution in [3.8, 4) is 33.6 Å². The third-order valence-electron chi connectivity index (χ3n) is 7.48. The van der Waals surface area contributed by atoms with E-state index < -0.39 is 0 Å². The molecule has 0 unspecified atom stereocenters. The highest BCUT2D eigenvalue weighted by molar-refractivity contribution is 7.25. The van der Waals surface area contributed by atoms with Gasteiger partial charge in [-0.25, -0.2) is 9.97 Å². The Bertz CT molecular complexity index is 2160. The van der Waals surface area contributed by atoms with Crippen LogP contribution in [0.2, 0.25) is 0 Å². The number of pyridine rings is 2. The molecule has 8 rings (SSSR count). The van der Waals surface area contributed by atoms with Gasteiger partial charge >= 0.3 is 0 Å². The molecule has 182 valence electrons. The summed E-state index contributed by atoms with van der Waals surface area (Å²) in [6, 6.07) is 47.2. The summed E-state index contributed by atoms with van der Waals surface area (Å²) in [6.45, 7) is 0. The first-order valence-electron chi connectivity index (χ1n) is 13.1. The highest BCUT2D eigenvalue weighted by Gasteiger charge is 2.10. The zero-order valence-electron chi connectivity index (χ0n) is 21.0. The molecule has 3 heteroatoms. The van der Waals surface area contributed by atoms with Gasteiger partial charge in [0, 0.05) is 42.1 Å². The zero-order chi connectivity index (χ0) is 25.8. The van der Waals surface area contributed by atoms with Crippen LogP contribution in [0.15, 0.2) is 133 Å². The van der Waals surface area contributed by atoms with E-state index >= 15 is 0 Å². The monoisotopic (exact) mass is 514 g/mol. The minimum atomic E-state index is 0.932. The molecule has 0 aliphatic carbocycles. The summed E-state index contributed by atoms with van der Waals surface area (Å²) >= 11 is 1.85. The van der Waals surface area contributed by atoms with E-state index in [1.807, 2.05) is 29.5 Å². The molecule has 0 fully saturated rings. The van der Waals surface area contributed by atoms with Crippen molar-refractivity contribution in [2.24, 2.45) is 0 Å². The van der Waals surface area contributed by atoms with Crippen molar-refractivity contribution in [2.75, 3.05) is 0 Å². The molecule has 8 aromatic rings. The summed E-state index contributed by atoms with van der Waals surface area (Å²) < 4.78 is 2.66. The average Bonchev–Trinajstić information content (AvgIpc) is 3.39. The van der Waals surface area contributed by atoms with Gasteiger partial charge in [-0.1, -0.05) is 103 Å². The van der Waals surface area contributed by atoms with E-state index in [9.17, 15) is 0 Å². The number of rotatable bonds is 3. The zero-order valence-corrected chi connectivity index (χ0v) is 21.8. The molecule has 5 aromatic carbocycles. The maximum atomic E-state index is 5.12. The van der Waals surface area contributed by atoms with E-state index in [0.29, 0.717) is 0 Å². The first-order chi connectivity index (χ1) is 19.3. The number of hydrogen-bond acceptors (Lipinski definition) is 3. The molecule has 2 nitrogen and oxygen atoms in total. The lowest BCUT2D eigenvalue weighted by molar-refractivity contribution is 1.36. The Hall–Kier alpha value is -4.86. The van der Waals surface area contributed by atoms with Crippen molar-refractivity contribution in [1.82, 2.24) is 9.97 Å². The van der Waals surface area contributed by atoms with Crippen molar-refractivity contribution in [3.63, 3.8) is 0 Å². The van der Waals surface area contributed by atoms with Crippen LogP contribution < -0.4 is 0 Å². The maximum absolute atomic E-state index is 5.12. The summed E-state index contributed by atoms with van der Waals surface area (Å²) in [5.74, 6) is 0. The topological polar surface area (TPSA) is 25.8 Å². The number of hydrogen-bond donors (Lipinski definition) is 0. The van der Waals surface area contributed by atoms with Gasteiger partial charge in [0.25, 0.3) is 0 Å². The largest absolute Gasteiger partial charge is 0.245 e. The van der Waals surface area contributed by atoms with Crippen molar-refractivity contribution in [1.29, 1.82) is 0 Å². The van der Waals surface area contributed by atoms with Gasteiger partial charge in [-0.2, -0.15) is 0 Å². The summed E-state index contributed by atoms with van der Waals surface area (Å²) in [5, 5.41) is 4.84. The predicted octanol–water partition coefficient (Wildman–Crippen LogP) is 10.2. The Kier molecular flexibility index (Phi) is 5.04. The molecule has 0 aliphatic heterocycles. The van der Waals surface area contributed by atoms with E-state index in [-0.39, 0.29) is 0 Å². The van der Waals surface area contributed by atoms with Gasteiger partial charge in [0.15, 0.2) is 0 Å². The quantitative estimate of drug-likeness (QED) is 0.219. The van der Waals surface area contributed by atoms with Crippen LogP contribution in [0, 0.1) is 0 Å². The van der Waals surface area contributed by atoms with E-state index in [1.165, 1.54) is 31.3 Å². The van der Waals surface area contributed by atoms with Crippen LogP contribution >= 0.6 is 11.3 Å². The lowest BCUT2D eigenvalue weighted by Crippen LogP contribution is -1.91. The summed E-state index contributed by atoms with van der Waals surface area (Å²) in [7, 11) is 0. The van der Waals surface area contributed by atoms with Gasteiger partial charge in [-0.15, -0.1) is 11.3 Å². The molecule has 0 radical (unpaired) electrons. The van der Waals surface area contributed by atoms with Gasteiger partial charge < -0.3 is 0 Å². The Morgan fingerprint density at radius 2 is 0.923 bits per heavy atom. The molecule has 0 saturated carbocycles. The highest BCUT2D eigenvalue weighted by atomic mass is 32.1. The van der Waals surface area contributed by atoms with Crippen molar-refractivity contribution in [3.05, 3.63) is 133 Å². The SMILES string of the molecule is c1ccc(-c2ccc3ccc4ccc(-c5ccc(-c6ccc7sc8ccccc8c7c6)cc5)nc4c3n2)cc1. The minimum absolute atomic E-state index is 0.932. The molecule has 0 saturated heterocycles. The third-order valence-corrected chi connectivity index (χ3v) is 8.63. The lowest BCUT2D eigenvalue weighted by atomic mass is 10.0. The van der Waals surface area contributed by atoms with Crippen LogP contribution in [0.1, 0.15) is 0 Å². The molecule has 0 spiro atoms. The number of fused-ring (bicyclic) bond motifs is 6. The first-order valence-corrected chi connectivity index (χ1v) is 13.9. The van der Waals surface area contributed by atoms with Crippen LogP contribution in [0.5, 0.6) is 0 Å². The summed E-state index contributed by atoms with van der Waals surface area (Å²) in [4.78, 5) is 10.2. The van der Waals surface area contributed by atoms with Gasteiger partial charge in [0.1, 0.15) is 0 Å². The number of nitrogens with zero attached hydrogens (tertiary/aromatic N) is 2. The lowest BCUT2D eigenvalue weighted by Gasteiger charge is -2.09. The normalized spacial score (nSPS) is 11.6. The Morgan fingerprint density at radius 3 is 1.64 bits per heavy atom. The van der Waals surface area contributed by atoms with Gasteiger partial charge in [-0.05, 0) is 41.5 Å². The molecular weight excluding hydrogens is 492 g/mol. The molecule has 0 aliphatic rings. The Morgan fingerprint density at radius 1 is 0.385 bits per heavy atom. The molecule has 0 amide bonds. The van der Waals surface area contributed by atoms with Crippen LogP contribution in [0.25, 0.3) is 75.6 Å². The fourth-order valence-electron chi connectivity index (χ4n) is 5.44. The Balaban J connectivity index is 1.19. The van der Waals surface area contributed by atoms with Gasteiger partial charge in [0.05, 0.1) is 22.4 Å². The fraction of sp³-hybridized carbons (Fsp3) is 0. The smallest absolute Gasteiger partial charge is 0.0972 e. The van der Waals surface area contributed by atoms with Gasteiger partial charge in [0.2, 0.25) is 0 Å². The first kappa shape index (κ1) is 22.2. The van der Waals surface area contributed by atoms with Crippen LogP contribution in [0.4, 0.5) is 0 Å². The third kappa shape index (κ3) is 3.79. The van der Waals surface area contributed by atoms with Crippen LogP contribution in [-0.4, -0.2) is 9.97 Å². The summed E-state index contributed by atoms with van der Waals surface area (Å²) in [6.07, 6.45) is 0. The van der Waals surface area contributed by atoms with Gasteiger partial charge in [-0.3, -0.25) is 0 Å². The highest BCUT2D eigenvalue weighted by Crippen LogP contribution is 2.37.